The second-order valence-electron chi connectivity index (χ2n) is 6.90. The van der Waals surface area contributed by atoms with Crippen LogP contribution in [0.4, 0.5) is 0 Å². The molecule has 2 aromatic rings. The van der Waals surface area contributed by atoms with E-state index in [1.54, 1.807) is 7.11 Å². The van der Waals surface area contributed by atoms with Gasteiger partial charge in [0.05, 0.1) is 7.11 Å². The van der Waals surface area contributed by atoms with E-state index < -0.39 is 0 Å². The number of rotatable bonds is 7. The molecule has 0 saturated carbocycles. The van der Waals surface area contributed by atoms with Gasteiger partial charge in [-0.15, -0.1) is 0 Å². The molecular weight excluding hydrogens is 346 g/mol. The summed E-state index contributed by atoms with van der Waals surface area (Å²) in [5.41, 5.74) is 2.51. The van der Waals surface area contributed by atoms with Gasteiger partial charge < -0.3 is 4.74 Å². The van der Waals surface area contributed by atoms with Gasteiger partial charge in [0.1, 0.15) is 11.9 Å². The minimum atomic E-state index is 0.0729. The van der Waals surface area contributed by atoms with E-state index in [1.165, 1.54) is 30.4 Å². The maximum Gasteiger partial charge on any atom is 0.118 e. The highest BCUT2D eigenvalue weighted by Crippen LogP contribution is 2.29. The quantitative estimate of drug-likeness (QED) is 0.609. The lowest BCUT2D eigenvalue weighted by atomic mass is 9.97. The number of ether oxygens (including phenoxy) is 1. The summed E-state index contributed by atoms with van der Waals surface area (Å²) in [4.78, 5) is 6.46. The molecule has 1 aliphatic heterocycles. The van der Waals surface area contributed by atoms with Crippen LogP contribution in [0.15, 0.2) is 48.5 Å². The summed E-state index contributed by atoms with van der Waals surface area (Å²) in [7, 11) is 1.70. The highest BCUT2D eigenvalue weighted by Gasteiger charge is 2.26. The average molecular weight is 374 g/mol. The van der Waals surface area contributed by atoms with Gasteiger partial charge in [-0.05, 0) is 61.1 Å². The third-order valence-electron chi connectivity index (χ3n) is 5.08. The molecule has 26 heavy (non-hydrogen) atoms. The molecule has 0 aliphatic carbocycles. The minimum absolute atomic E-state index is 0.0729. The minimum Gasteiger partial charge on any atom is -0.497 e. The zero-order chi connectivity index (χ0) is 18.4. The first-order chi connectivity index (χ1) is 12.7. The Hall–Kier alpha value is -1.55. The van der Waals surface area contributed by atoms with Gasteiger partial charge in [-0.25, -0.2) is 0 Å². The van der Waals surface area contributed by atoms with E-state index in [4.69, 9.17) is 21.2 Å². The number of nitrogens with zero attached hydrogens (tertiary/aromatic N) is 1. The van der Waals surface area contributed by atoms with Crippen LogP contribution in [0.5, 0.6) is 5.75 Å². The van der Waals surface area contributed by atoms with E-state index in [2.05, 4.69) is 36.3 Å². The summed E-state index contributed by atoms with van der Waals surface area (Å²) in [5, 5.41) is 2.98. The van der Waals surface area contributed by atoms with Crippen molar-refractivity contribution >= 4 is 11.6 Å². The number of hydrogen-bond acceptors (Lipinski definition) is 3. The van der Waals surface area contributed by atoms with E-state index in [0.29, 0.717) is 6.04 Å². The summed E-state index contributed by atoms with van der Waals surface area (Å²) >= 11 is 6.03. The van der Waals surface area contributed by atoms with Crippen LogP contribution in [-0.2, 0) is 11.3 Å². The van der Waals surface area contributed by atoms with Crippen LogP contribution in [0.3, 0.4) is 0 Å². The third kappa shape index (κ3) is 5.00. The topological polar surface area (TPSA) is 21.7 Å². The number of hydrogen-bond donors (Lipinski definition) is 0. The molecule has 140 valence electrons. The monoisotopic (exact) mass is 373 g/mol. The smallest absolute Gasteiger partial charge is 0.118 e. The third-order valence-corrected chi connectivity index (χ3v) is 5.33. The summed E-state index contributed by atoms with van der Waals surface area (Å²) < 4.78 is 5.26. The Kier molecular flexibility index (Phi) is 6.95. The van der Waals surface area contributed by atoms with Gasteiger partial charge in [0.15, 0.2) is 0 Å². The van der Waals surface area contributed by atoms with Crippen molar-refractivity contribution in [3.8, 4) is 5.75 Å². The second kappa shape index (κ2) is 9.40. The zero-order valence-corrected chi connectivity index (χ0v) is 16.4. The predicted molar refractivity (Wildman–Crippen MR) is 107 cm³/mol. The lowest BCUT2D eigenvalue weighted by molar-refractivity contribution is -0.234. The lowest BCUT2D eigenvalue weighted by Gasteiger charge is -2.37. The Morgan fingerprint density at radius 2 is 1.81 bits per heavy atom. The molecule has 1 saturated heterocycles. The Morgan fingerprint density at radius 1 is 1.08 bits per heavy atom. The van der Waals surface area contributed by atoms with Crippen LogP contribution in [0.2, 0.25) is 5.02 Å². The maximum atomic E-state index is 6.46. The normalized spacial score (nSPS) is 19.3. The van der Waals surface area contributed by atoms with Crippen molar-refractivity contribution in [2.75, 3.05) is 13.7 Å². The molecule has 1 aliphatic rings. The number of piperidine rings is 1. The van der Waals surface area contributed by atoms with E-state index in [1.807, 2.05) is 24.3 Å². The molecule has 0 aromatic heterocycles. The van der Waals surface area contributed by atoms with Gasteiger partial charge >= 0.3 is 0 Å². The number of halogens is 1. The second-order valence-corrected chi connectivity index (χ2v) is 7.33. The van der Waals surface area contributed by atoms with E-state index in [-0.39, 0.29) is 6.10 Å². The predicted octanol–water partition coefficient (Wildman–Crippen LogP) is 5.83. The Balaban J connectivity index is 1.67. The van der Waals surface area contributed by atoms with Crippen LogP contribution in [0.1, 0.15) is 49.8 Å². The van der Waals surface area contributed by atoms with Crippen LogP contribution in [0, 0.1) is 0 Å². The molecular formula is C22H28ClNO2. The van der Waals surface area contributed by atoms with Gasteiger partial charge in [-0.3, -0.25) is 4.84 Å². The fourth-order valence-electron chi connectivity index (χ4n) is 3.56. The Labute approximate surface area is 161 Å². The van der Waals surface area contributed by atoms with Crippen LogP contribution >= 0.6 is 11.6 Å². The maximum absolute atomic E-state index is 6.46. The molecule has 0 radical (unpaired) electrons. The molecule has 0 spiro atoms. The molecule has 1 heterocycles. The fraction of sp³-hybridized carbons (Fsp3) is 0.455. The first-order valence-corrected chi connectivity index (χ1v) is 9.89. The Morgan fingerprint density at radius 3 is 2.46 bits per heavy atom. The van der Waals surface area contributed by atoms with Gasteiger partial charge in [0.2, 0.25) is 0 Å². The van der Waals surface area contributed by atoms with Gasteiger partial charge in [-0.2, -0.15) is 5.06 Å². The summed E-state index contributed by atoms with van der Waals surface area (Å²) in [6.07, 6.45) is 5.63. The van der Waals surface area contributed by atoms with Crippen molar-refractivity contribution in [3.63, 3.8) is 0 Å². The highest BCUT2D eigenvalue weighted by atomic mass is 35.5. The molecule has 0 bridgehead atoms. The molecule has 0 amide bonds. The summed E-state index contributed by atoms with van der Waals surface area (Å²) in [5.74, 6) is 0.902. The van der Waals surface area contributed by atoms with Crippen molar-refractivity contribution in [2.45, 2.75) is 51.2 Å². The van der Waals surface area contributed by atoms with E-state index in [0.717, 1.165) is 30.2 Å². The van der Waals surface area contributed by atoms with E-state index >= 15 is 0 Å². The SMILES string of the molecule is CCC(ON1CCCCC1Cc1ccc(OC)cc1)c1ccc(Cl)cc1. The molecule has 2 atom stereocenters. The van der Waals surface area contributed by atoms with E-state index in [9.17, 15) is 0 Å². The fourth-order valence-corrected chi connectivity index (χ4v) is 3.69. The summed E-state index contributed by atoms with van der Waals surface area (Å²) in [6.45, 7) is 3.16. The van der Waals surface area contributed by atoms with Crippen molar-refractivity contribution in [3.05, 3.63) is 64.7 Å². The number of benzene rings is 2. The first-order valence-electron chi connectivity index (χ1n) is 9.51. The largest absolute Gasteiger partial charge is 0.497 e. The van der Waals surface area contributed by atoms with Crippen LogP contribution in [0.25, 0.3) is 0 Å². The van der Waals surface area contributed by atoms with Gasteiger partial charge in [0, 0.05) is 17.6 Å². The molecule has 3 nitrogen and oxygen atoms in total. The van der Waals surface area contributed by atoms with Crippen molar-refractivity contribution in [2.24, 2.45) is 0 Å². The first kappa shape index (κ1) is 19.2. The molecule has 4 heteroatoms. The van der Waals surface area contributed by atoms with Crippen molar-refractivity contribution in [1.82, 2.24) is 5.06 Å². The standard InChI is InChI=1S/C22H28ClNO2/c1-3-22(18-9-11-19(23)12-10-18)26-24-15-5-4-6-20(24)16-17-7-13-21(25-2)14-8-17/h7-14,20,22H,3-6,15-16H2,1-2H3. The highest BCUT2D eigenvalue weighted by molar-refractivity contribution is 6.30. The number of methoxy groups -OCH3 is 1. The molecule has 1 fully saturated rings. The van der Waals surface area contributed by atoms with Gasteiger partial charge in [0.25, 0.3) is 0 Å². The Bertz CT molecular complexity index is 672. The van der Waals surface area contributed by atoms with Crippen LogP contribution < -0.4 is 4.74 Å². The van der Waals surface area contributed by atoms with Crippen LogP contribution in [-0.4, -0.2) is 24.8 Å². The number of hydroxylamine groups is 2. The summed E-state index contributed by atoms with van der Waals surface area (Å²) in [6, 6.07) is 16.8. The average Bonchev–Trinajstić information content (AvgIpc) is 2.69. The molecule has 0 N–H and O–H groups in total. The molecule has 2 aromatic carbocycles. The van der Waals surface area contributed by atoms with Gasteiger partial charge in [-0.1, -0.05) is 49.2 Å². The zero-order valence-electron chi connectivity index (χ0n) is 15.7. The molecule has 2 unspecified atom stereocenters. The van der Waals surface area contributed by atoms with Crippen molar-refractivity contribution in [1.29, 1.82) is 0 Å². The lowest BCUT2D eigenvalue weighted by Crippen LogP contribution is -2.41. The molecule has 3 rings (SSSR count). The van der Waals surface area contributed by atoms with Crippen molar-refractivity contribution < 1.29 is 9.57 Å².